The van der Waals surface area contributed by atoms with Gasteiger partial charge in [0.15, 0.2) is 0 Å². The number of halogens is 1. The molecule has 0 saturated heterocycles. The number of nitrogens with one attached hydrogen (secondary N) is 2. The topological polar surface area (TPSA) is 141 Å². The molecular formula is C24H28FN7O2. The van der Waals surface area contributed by atoms with Gasteiger partial charge in [0.05, 0.1) is 52.1 Å². The average molecular weight is 466 g/mol. The molecule has 5 N–H and O–H groups in total. The van der Waals surface area contributed by atoms with Crippen LogP contribution in [-0.4, -0.2) is 56.0 Å². The van der Waals surface area contributed by atoms with Crippen LogP contribution in [0.4, 0.5) is 10.1 Å². The van der Waals surface area contributed by atoms with E-state index in [0.717, 1.165) is 24.8 Å². The van der Waals surface area contributed by atoms with Gasteiger partial charge in [0.1, 0.15) is 12.2 Å². The molecule has 3 heterocycles. The maximum absolute atomic E-state index is 14.2. The summed E-state index contributed by atoms with van der Waals surface area (Å²) in [5.41, 5.74) is 7.80. The molecule has 1 aliphatic rings. The van der Waals surface area contributed by atoms with Gasteiger partial charge in [0.2, 0.25) is 0 Å². The molecular weight excluding hydrogens is 437 g/mol. The molecule has 0 unspecified atom stereocenters. The van der Waals surface area contributed by atoms with Crippen LogP contribution in [0.1, 0.15) is 49.0 Å². The summed E-state index contributed by atoms with van der Waals surface area (Å²) in [4.78, 5) is 17.4. The van der Waals surface area contributed by atoms with Crippen molar-refractivity contribution in [3.63, 3.8) is 0 Å². The number of hydrogen-bond donors (Lipinski definition) is 4. The summed E-state index contributed by atoms with van der Waals surface area (Å²) < 4.78 is 15.8. The Morgan fingerprint density at radius 1 is 1.38 bits per heavy atom. The predicted molar refractivity (Wildman–Crippen MR) is 126 cm³/mol. The van der Waals surface area contributed by atoms with Crippen molar-refractivity contribution in [2.45, 2.75) is 57.0 Å². The molecule has 178 valence electrons. The molecule has 1 saturated carbocycles. The molecule has 10 heteroatoms. The minimum absolute atomic E-state index is 0.0995. The molecule has 9 nitrogen and oxygen atoms in total. The number of fused-ring (bicyclic) bond motifs is 1. The van der Waals surface area contributed by atoms with Crippen LogP contribution in [0.5, 0.6) is 0 Å². The van der Waals surface area contributed by atoms with Gasteiger partial charge >= 0.3 is 0 Å². The normalized spacial score (nSPS) is 19.1. The maximum atomic E-state index is 14.2. The Bertz CT molecular complexity index is 1240. The Morgan fingerprint density at radius 3 is 2.85 bits per heavy atom. The minimum atomic E-state index is -1.62. The predicted octanol–water partition coefficient (Wildman–Crippen LogP) is 2.40. The van der Waals surface area contributed by atoms with E-state index < -0.39 is 17.7 Å². The third kappa shape index (κ3) is 5.00. The lowest BCUT2D eigenvalue weighted by Gasteiger charge is -2.23. The summed E-state index contributed by atoms with van der Waals surface area (Å²) >= 11 is 0. The molecule has 4 rings (SSSR count). The number of nitrogens with zero attached hydrogens (tertiary/aromatic N) is 4. The maximum Gasteiger partial charge on any atom is 0.255 e. The summed E-state index contributed by atoms with van der Waals surface area (Å²) in [6.07, 6.45) is 3.84. The van der Waals surface area contributed by atoms with Gasteiger partial charge in [0, 0.05) is 18.3 Å². The minimum Gasteiger partial charge on any atom is -0.387 e. The lowest BCUT2D eigenvalue weighted by Crippen LogP contribution is -2.42. The fourth-order valence-electron chi connectivity index (χ4n) is 4.04. The SMILES string of the molecule is CC(C)(O)[C@H](F)CNC(=O)c1cnc(-c2ccc3cc(C#N)cnn23)cc1N[C@@H]1CC[C@H](N)C1. The summed E-state index contributed by atoms with van der Waals surface area (Å²) in [6, 6.07) is 9.45. The van der Waals surface area contributed by atoms with Crippen LogP contribution < -0.4 is 16.4 Å². The van der Waals surface area contributed by atoms with Gasteiger partial charge in [-0.15, -0.1) is 0 Å². The zero-order chi connectivity index (χ0) is 24.5. The highest BCUT2D eigenvalue weighted by Crippen LogP contribution is 2.28. The van der Waals surface area contributed by atoms with E-state index >= 15 is 0 Å². The van der Waals surface area contributed by atoms with Crippen LogP contribution in [0, 0.1) is 11.3 Å². The number of rotatable bonds is 7. The fourth-order valence-corrected chi connectivity index (χ4v) is 4.04. The molecule has 3 atom stereocenters. The summed E-state index contributed by atoms with van der Waals surface area (Å²) in [6.45, 7) is 2.38. The van der Waals surface area contributed by atoms with Gasteiger partial charge in [-0.3, -0.25) is 9.78 Å². The molecule has 1 fully saturated rings. The Hall–Kier alpha value is -3.55. The Morgan fingerprint density at radius 2 is 2.18 bits per heavy atom. The number of carbonyl (C=O) groups excluding carboxylic acids is 1. The lowest BCUT2D eigenvalue weighted by molar-refractivity contribution is -0.00177. The van der Waals surface area contributed by atoms with Gasteiger partial charge in [-0.25, -0.2) is 8.91 Å². The third-order valence-electron chi connectivity index (χ3n) is 6.08. The number of hydrogen-bond acceptors (Lipinski definition) is 7. The molecule has 0 spiro atoms. The average Bonchev–Trinajstić information content (AvgIpc) is 3.41. The van der Waals surface area contributed by atoms with Crippen molar-refractivity contribution >= 4 is 17.1 Å². The van der Waals surface area contributed by atoms with E-state index in [-0.39, 0.29) is 24.2 Å². The molecule has 0 bridgehead atoms. The summed E-state index contributed by atoms with van der Waals surface area (Å²) in [7, 11) is 0. The second kappa shape index (κ2) is 9.37. The quantitative estimate of drug-likeness (QED) is 0.420. The number of anilines is 1. The number of nitrogens with two attached hydrogens (primary N) is 1. The van der Waals surface area contributed by atoms with Crippen LogP contribution in [0.3, 0.4) is 0 Å². The molecule has 0 aromatic carbocycles. The lowest BCUT2D eigenvalue weighted by atomic mass is 10.0. The number of nitriles is 1. The van der Waals surface area contributed by atoms with E-state index in [9.17, 15) is 14.3 Å². The number of amides is 1. The highest BCUT2D eigenvalue weighted by molar-refractivity contribution is 6.00. The van der Waals surface area contributed by atoms with Crippen LogP contribution in [0.15, 0.2) is 36.7 Å². The largest absolute Gasteiger partial charge is 0.387 e. The summed E-state index contributed by atoms with van der Waals surface area (Å²) in [5, 5.41) is 29.2. The van der Waals surface area contributed by atoms with E-state index in [1.807, 2.05) is 12.1 Å². The monoisotopic (exact) mass is 465 g/mol. The zero-order valence-electron chi connectivity index (χ0n) is 19.1. The molecule has 1 amide bonds. The first-order valence-corrected chi connectivity index (χ1v) is 11.2. The zero-order valence-corrected chi connectivity index (χ0v) is 19.1. The van der Waals surface area contributed by atoms with E-state index in [0.29, 0.717) is 22.6 Å². The number of pyridine rings is 1. The number of aromatic nitrogens is 3. The van der Waals surface area contributed by atoms with Crippen molar-refractivity contribution in [2.75, 3.05) is 11.9 Å². The van der Waals surface area contributed by atoms with Crippen LogP contribution in [0.2, 0.25) is 0 Å². The van der Waals surface area contributed by atoms with Crippen molar-refractivity contribution in [3.05, 3.63) is 47.8 Å². The first-order valence-electron chi connectivity index (χ1n) is 11.2. The van der Waals surface area contributed by atoms with E-state index in [1.54, 1.807) is 16.6 Å². The molecule has 34 heavy (non-hydrogen) atoms. The second-order valence-corrected chi connectivity index (χ2v) is 9.27. The second-order valence-electron chi connectivity index (χ2n) is 9.27. The molecule has 0 radical (unpaired) electrons. The highest BCUT2D eigenvalue weighted by atomic mass is 19.1. The smallest absolute Gasteiger partial charge is 0.255 e. The first-order chi connectivity index (χ1) is 16.2. The Balaban J connectivity index is 1.66. The van der Waals surface area contributed by atoms with Crippen LogP contribution in [0.25, 0.3) is 16.9 Å². The highest BCUT2D eigenvalue weighted by Gasteiger charge is 2.28. The van der Waals surface area contributed by atoms with Gasteiger partial charge in [-0.05, 0) is 57.4 Å². The standard InChI is InChI=1S/C24H28FN7O2/c1-24(2,34)22(25)13-29-23(33)18-12-28-20(9-19(18)31-16-4-3-15(27)8-16)21-6-5-17-7-14(10-26)11-30-32(17)21/h5-7,9,11-12,15-16,22,34H,3-4,8,13,27H2,1-2H3,(H,28,31)(H,29,33)/t15-,16+,22+/m0/s1. The van der Waals surface area contributed by atoms with Crippen LogP contribution >= 0.6 is 0 Å². The van der Waals surface area contributed by atoms with E-state index in [2.05, 4.69) is 26.8 Å². The fraction of sp³-hybridized carbons (Fsp3) is 0.417. The number of aliphatic hydroxyl groups is 1. The van der Waals surface area contributed by atoms with Crippen LogP contribution in [-0.2, 0) is 0 Å². The van der Waals surface area contributed by atoms with E-state index in [4.69, 9.17) is 11.0 Å². The van der Waals surface area contributed by atoms with Crippen molar-refractivity contribution in [3.8, 4) is 17.5 Å². The summed E-state index contributed by atoms with van der Waals surface area (Å²) in [5.74, 6) is -0.493. The van der Waals surface area contributed by atoms with Crippen molar-refractivity contribution < 1.29 is 14.3 Å². The number of carbonyl (C=O) groups is 1. The third-order valence-corrected chi connectivity index (χ3v) is 6.08. The molecule has 1 aliphatic carbocycles. The van der Waals surface area contributed by atoms with Gasteiger partial charge < -0.3 is 21.5 Å². The molecule has 0 aliphatic heterocycles. The van der Waals surface area contributed by atoms with Gasteiger partial charge in [0.25, 0.3) is 5.91 Å². The number of alkyl halides is 1. The molecule has 3 aromatic heterocycles. The molecule has 3 aromatic rings. The first kappa shape index (κ1) is 23.6. The van der Waals surface area contributed by atoms with Gasteiger partial charge in [-0.1, -0.05) is 0 Å². The van der Waals surface area contributed by atoms with Crippen molar-refractivity contribution in [2.24, 2.45) is 5.73 Å². The van der Waals surface area contributed by atoms with Gasteiger partial charge in [-0.2, -0.15) is 10.4 Å². The van der Waals surface area contributed by atoms with Crippen molar-refractivity contribution in [1.82, 2.24) is 19.9 Å². The van der Waals surface area contributed by atoms with E-state index in [1.165, 1.54) is 26.2 Å². The Kier molecular flexibility index (Phi) is 6.50. The Labute approximate surface area is 196 Å². The van der Waals surface area contributed by atoms with Crippen molar-refractivity contribution in [1.29, 1.82) is 5.26 Å².